The highest BCUT2D eigenvalue weighted by Crippen LogP contribution is 2.35. The lowest BCUT2D eigenvalue weighted by molar-refractivity contribution is -0.137. The zero-order valence-corrected chi connectivity index (χ0v) is 16.3. The van der Waals surface area contributed by atoms with E-state index >= 15 is 0 Å². The van der Waals surface area contributed by atoms with Crippen LogP contribution in [0.3, 0.4) is 0 Å². The minimum absolute atomic E-state index is 0.0287. The molecule has 30 heavy (non-hydrogen) atoms. The van der Waals surface area contributed by atoms with Crippen LogP contribution in [0.25, 0.3) is 22.2 Å². The summed E-state index contributed by atoms with van der Waals surface area (Å²) in [5.41, 5.74) is -1.42. The van der Waals surface area contributed by atoms with E-state index < -0.39 is 17.6 Å². The highest BCUT2D eigenvalue weighted by molar-refractivity contribution is 5.93. The van der Waals surface area contributed by atoms with Gasteiger partial charge in [-0.2, -0.15) is 13.2 Å². The van der Waals surface area contributed by atoms with Crippen LogP contribution in [0.4, 0.5) is 23.4 Å². The molecule has 6 nitrogen and oxygen atoms in total. The molecule has 1 aromatic carbocycles. The van der Waals surface area contributed by atoms with E-state index in [0.29, 0.717) is 44.0 Å². The van der Waals surface area contributed by atoms with Crippen molar-refractivity contribution in [3.8, 4) is 11.3 Å². The summed E-state index contributed by atoms with van der Waals surface area (Å²) in [5, 5.41) is 0.217. The van der Waals surface area contributed by atoms with Crippen LogP contribution >= 0.6 is 0 Å². The largest absolute Gasteiger partial charge is 0.416 e. The fourth-order valence-corrected chi connectivity index (χ4v) is 3.39. The molecule has 1 aliphatic heterocycles. The van der Waals surface area contributed by atoms with Gasteiger partial charge in [-0.25, -0.2) is 14.4 Å². The van der Waals surface area contributed by atoms with Crippen molar-refractivity contribution in [3.63, 3.8) is 0 Å². The first-order valence-corrected chi connectivity index (χ1v) is 9.25. The van der Waals surface area contributed by atoms with Gasteiger partial charge in [0.25, 0.3) is 5.56 Å². The molecule has 0 aliphatic carbocycles. The number of pyridine rings is 1. The molecule has 0 atom stereocenters. The Morgan fingerprint density at radius 2 is 1.80 bits per heavy atom. The number of hydrogen-bond donors (Lipinski definition) is 0. The van der Waals surface area contributed by atoms with Gasteiger partial charge in [0.1, 0.15) is 28.7 Å². The molecular weight excluding hydrogens is 404 g/mol. The quantitative estimate of drug-likeness (QED) is 0.593. The number of hydrogen-bond acceptors (Lipinski definition) is 5. The minimum atomic E-state index is -4.67. The Hall–Kier alpha value is -3.01. The summed E-state index contributed by atoms with van der Waals surface area (Å²) < 4.78 is 60.3. The third-order valence-corrected chi connectivity index (χ3v) is 5.16. The van der Waals surface area contributed by atoms with Crippen molar-refractivity contribution in [2.45, 2.75) is 13.1 Å². The van der Waals surface area contributed by atoms with E-state index in [9.17, 15) is 22.4 Å². The van der Waals surface area contributed by atoms with Gasteiger partial charge in [-0.3, -0.25) is 9.36 Å². The minimum Gasteiger partial charge on any atom is -0.378 e. The molecule has 0 saturated carbocycles. The van der Waals surface area contributed by atoms with Crippen LogP contribution in [0.1, 0.15) is 11.4 Å². The monoisotopic (exact) mass is 422 g/mol. The van der Waals surface area contributed by atoms with Crippen LogP contribution in [0.2, 0.25) is 0 Å². The van der Waals surface area contributed by atoms with Crippen LogP contribution in [-0.2, 0) is 18.0 Å². The molecule has 3 aromatic rings. The van der Waals surface area contributed by atoms with Gasteiger partial charge >= 0.3 is 6.18 Å². The molecular formula is C20H18F4N4O2. The van der Waals surface area contributed by atoms with E-state index in [1.165, 1.54) is 4.57 Å². The van der Waals surface area contributed by atoms with Crippen LogP contribution in [0, 0.1) is 12.7 Å². The van der Waals surface area contributed by atoms with E-state index in [2.05, 4.69) is 9.97 Å². The Labute approximate surface area is 168 Å². The van der Waals surface area contributed by atoms with E-state index in [0.717, 1.165) is 12.1 Å². The van der Waals surface area contributed by atoms with Gasteiger partial charge in [-0.05, 0) is 31.2 Å². The van der Waals surface area contributed by atoms with Gasteiger partial charge in [0.15, 0.2) is 0 Å². The lowest BCUT2D eigenvalue weighted by Crippen LogP contribution is -2.37. The first kappa shape index (κ1) is 20.3. The fourth-order valence-electron chi connectivity index (χ4n) is 3.39. The molecule has 10 heteroatoms. The van der Waals surface area contributed by atoms with E-state index in [4.69, 9.17) is 4.74 Å². The van der Waals surface area contributed by atoms with Crippen molar-refractivity contribution in [1.29, 1.82) is 0 Å². The molecule has 158 valence electrons. The number of morpholine rings is 1. The molecule has 1 aliphatic rings. The second-order valence-electron chi connectivity index (χ2n) is 7.04. The van der Waals surface area contributed by atoms with Crippen LogP contribution in [-0.4, -0.2) is 40.8 Å². The average Bonchev–Trinajstić information content (AvgIpc) is 2.72. The summed E-state index contributed by atoms with van der Waals surface area (Å²) in [6, 6.07) is 3.83. The number of anilines is 1. The number of aryl methyl sites for hydroxylation is 1. The predicted octanol–water partition coefficient (Wildman–Crippen LogP) is 3.30. The Morgan fingerprint density at radius 1 is 1.10 bits per heavy atom. The van der Waals surface area contributed by atoms with E-state index in [1.807, 2.05) is 4.90 Å². The Kier molecular flexibility index (Phi) is 4.97. The summed E-state index contributed by atoms with van der Waals surface area (Å²) in [6.07, 6.45) is -4.67. The normalized spacial score (nSPS) is 15.1. The SMILES string of the molecule is Cc1nc2c(-c3ccc(C(F)(F)F)cc3F)nc(N3CCOCC3)cc2c(=O)n1C. The summed E-state index contributed by atoms with van der Waals surface area (Å²) in [4.78, 5) is 23.6. The third kappa shape index (κ3) is 3.51. The van der Waals surface area contributed by atoms with Crippen molar-refractivity contribution >= 4 is 16.7 Å². The number of rotatable bonds is 2. The third-order valence-electron chi connectivity index (χ3n) is 5.16. The molecule has 3 heterocycles. The zero-order chi connectivity index (χ0) is 21.6. The van der Waals surface area contributed by atoms with Gasteiger partial charge in [-0.15, -0.1) is 0 Å². The summed E-state index contributed by atoms with van der Waals surface area (Å²) in [6.45, 7) is 3.59. The maximum Gasteiger partial charge on any atom is 0.416 e. The standard InChI is InChI=1S/C20H18F4N4O2/c1-11-25-18-14(19(29)27(11)2)10-16(28-5-7-30-8-6-28)26-17(18)13-4-3-12(9-15(13)21)20(22,23)24/h3-4,9-10H,5-8H2,1-2H3. The van der Waals surface area contributed by atoms with Crippen LogP contribution in [0.15, 0.2) is 29.1 Å². The molecule has 0 bridgehead atoms. The number of aromatic nitrogens is 3. The van der Waals surface area contributed by atoms with Crippen molar-refractivity contribution in [2.75, 3.05) is 31.2 Å². The second kappa shape index (κ2) is 7.35. The molecule has 0 unspecified atom stereocenters. The van der Waals surface area contributed by atoms with Crippen LogP contribution < -0.4 is 10.5 Å². The number of benzene rings is 1. The lowest BCUT2D eigenvalue weighted by Gasteiger charge is -2.28. The van der Waals surface area contributed by atoms with Gasteiger partial charge in [-0.1, -0.05) is 0 Å². The molecule has 1 fully saturated rings. The maximum absolute atomic E-state index is 14.8. The average molecular weight is 422 g/mol. The predicted molar refractivity (Wildman–Crippen MR) is 103 cm³/mol. The highest BCUT2D eigenvalue weighted by Gasteiger charge is 2.31. The molecule has 0 radical (unpaired) electrons. The first-order valence-electron chi connectivity index (χ1n) is 9.25. The maximum atomic E-state index is 14.8. The van der Waals surface area contributed by atoms with E-state index in [-0.39, 0.29) is 27.7 Å². The molecule has 0 spiro atoms. The lowest BCUT2D eigenvalue weighted by atomic mass is 10.0. The molecule has 1 saturated heterocycles. The smallest absolute Gasteiger partial charge is 0.378 e. The molecule has 2 aromatic heterocycles. The van der Waals surface area contributed by atoms with Crippen molar-refractivity contribution in [2.24, 2.45) is 7.05 Å². The number of ether oxygens (including phenoxy) is 1. The van der Waals surface area contributed by atoms with Gasteiger partial charge in [0.2, 0.25) is 0 Å². The summed E-state index contributed by atoms with van der Waals surface area (Å²) in [5.74, 6) is -0.289. The number of halogens is 4. The van der Waals surface area contributed by atoms with Gasteiger partial charge in [0.05, 0.1) is 24.2 Å². The molecule has 0 N–H and O–H groups in total. The fraction of sp³-hybridized carbons (Fsp3) is 0.350. The number of nitrogens with zero attached hydrogens (tertiary/aromatic N) is 4. The van der Waals surface area contributed by atoms with Gasteiger partial charge < -0.3 is 9.64 Å². The topological polar surface area (TPSA) is 60.2 Å². The zero-order valence-electron chi connectivity index (χ0n) is 16.3. The number of alkyl halides is 3. The summed E-state index contributed by atoms with van der Waals surface area (Å²) >= 11 is 0. The van der Waals surface area contributed by atoms with Gasteiger partial charge in [0, 0.05) is 25.7 Å². The van der Waals surface area contributed by atoms with Crippen molar-refractivity contribution in [1.82, 2.24) is 14.5 Å². The molecule has 0 amide bonds. The number of fused-ring (bicyclic) bond motifs is 1. The van der Waals surface area contributed by atoms with Crippen LogP contribution in [0.5, 0.6) is 0 Å². The Bertz CT molecular complexity index is 1180. The summed E-state index contributed by atoms with van der Waals surface area (Å²) in [7, 11) is 1.57. The van der Waals surface area contributed by atoms with Crippen molar-refractivity contribution < 1.29 is 22.3 Å². The first-order chi connectivity index (χ1) is 14.2. The Balaban J connectivity index is 1.99. The second-order valence-corrected chi connectivity index (χ2v) is 7.04. The van der Waals surface area contributed by atoms with Crippen molar-refractivity contribution in [3.05, 3.63) is 51.8 Å². The Morgan fingerprint density at radius 3 is 2.43 bits per heavy atom. The highest BCUT2D eigenvalue weighted by atomic mass is 19.4. The molecule has 4 rings (SSSR count). The van der Waals surface area contributed by atoms with E-state index in [1.54, 1.807) is 20.0 Å².